The molecule has 0 saturated carbocycles. The van der Waals surface area contributed by atoms with E-state index in [1.807, 2.05) is 6.92 Å². The number of urea groups is 1. The Morgan fingerprint density at radius 3 is 3.11 bits per heavy atom. The number of rotatable bonds is 5. The molecule has 19 heavy (non-hydrogen) atoms. The molecule has 2 aliphatic rings. The number of hydrogen-bond donors (Lipinski definition) is 2. The number of ether oxygens (including phenoxy) is 2. The van der Waals surface area contributed by atoms with Gasteiger partial charge in [-0.15, -0.1) is 0 Å². The minimum atomic E-state index is -0.101. The smallest absolute Gasteiger partial charge is 0.315 e. The van der Waals surface area contributed by atoms with E-state index in [-0.39, 0.29) is 18.2 Å². The second kappa shape index (κ2) is 7.50. The van der Waals surface area contributed by atoms with Crippen molar-refractivity contribution in [3.05, 3.63) is 11.6 Å². The fraction of sp³-hybridized carbons (Fsp3) is 0.786. The van der Waals surface area contributed by atoms with E-state index < -0.39 is 0 Å². The molecule has 0 spiro atoms. The molecule has 0 radical (unpaired) electrons. The lowest BCUT2D eigenvalue weighted by Crippen LogP contribution is -2.46. The van der Waals surface area contributed by atoms with Crippen LogP contribution in [0.15, 0.2) is 11.6 Å². The summed E-state index contributed by atoms with van der Waals surface area (Å²) in [6.07, 6.45) is 6.30. The Morgan fingerprint density at radius 2 is 2.42 bits per heavy atom. The number of nitrogens with one attached hydrogen (secondary N) is 2. The summed E-state index contributed by atoms with van der Waals surface area (Å²) in [4.78, 5) is 11.7. The summed E-state index contributed by atoms with van der Waals surface area (Å²) >= 11 is 0. The van der Waals surface area contributed by atoms with Crippen LogP contribution in [0.5, 0.6) is 0 Å². The third kappa shape index (κ3) is 4.84. The minimum Gasteiger partial charge on any atom is -0.377 e. The first-order valence-corrected chi connectivity index (χ1v) is 7.17. The van der Waals surface area contributed by atoms with Crippen molar-refractivity contribution in [2.75, 3.05) is 26.4 Å². The van der Waals surface area contributed by atoms with Gasteiger partial charge in [0.25, 0.3) is 0 Å². The van der Waals surface area contributed by atoms with Gasteiger partial charge in [0, 0.05) is 13.2 Å². The van der Waals surface area contributed by atoms with Crippen molar-refractivity contribution in [2.24, 2.45) is 0 Å². The van der Waals surface area contributed by atoms with E-state index in [0.29, 0.717) is 13.2 Å². The van der Waals surface area contributed by atoms with E-state index in [1.165, 1.54) is 5.57 Å². The number of amides is 2. The molecule has 2 N–H and O–H groups in total. The van der Waals surface area contributed by atoms with Gasteiger partial charge >= 0.3 is 6.03 Å². The molecule has 2 rings (SSSR count). The van der Waals surface area contributed by atoms with Gasteiger partial charge in [-0.3, -0.25) is 0 Å². The Labute approximate surface area is 114 Å². The largest absolute Gasteiger partial charge is 0.377 e. The zero-order chi connectivity index (χ0) is 13.5. The summed E-state index contributed by atoms with van der Waals surface area (Å²) in [5.41, 5.74) is 1.37. The normalized spacial score (nSPS) is 24.7. The quantitative estimate of drug-likeness (QED) is 0.744. The molecule has 0 bridgehead atoms. The van der Waals surface area contributed by atoms with Crippen molar-refractivity contribution in [3.8, 4) is 0 Å². The van der Waals surface area contributed by atoms with Gasteiger partial charge in [0.05, 0.1) is 25.4 Å². The summed E-state index contributed by atoms with van der Waals surface area (Å²) in [5, 5.41) is 5.84. The molecule has 2 amide bonds. The second-order valence-electron chi connectivity index (χ2n) is 5.18. The summed E-state index contributed by atoms with van der Waals surface area (Å²) in [6.45, 7) is 4.99. The molecule has 0 unspecified atom stereocenters. The molecule has 2 aliphatic heterocycles. The highest BCUT2D eigenvalue weighted by molar-refractivity contribution is 5.74. The van der Waals surface area contributed by atoms with Crippen molar-refractivity contribution in [3.63, 3.8) is 0 Å². The molecule has 5 nitrogen and oxygen atoms in total. The maximum Gasteiger partial charge on any atom is 0.315 e. The lowest BCUT2D eigenvalue weighted by molar-refractivity contribution is 0.0860. The van der Waals surface area contributed by atoms with Crippen LogP contribution in [-0.4, -0.2) is 44.5 Å². The highest BCUT2D eigenvalue weighted by atomic mass is 16.5. The number of carbonyl (C=O) groups excluding carboxylic acids is 1. The zero-order valence-corrected chi connectivity index (χ0v) is 11.6. The topological polar surface area (TPSA) is 59.6 Å². The van der Waals surface area contributed by atoms with Gasteiger partial charge in [-0.05, 0) is 32.6 Å². The van der Waals surface area contributed by atoms with Crippen molar-refractivity contribution in [1.82, 2.24) is 10.6 Å². The molecule has 2 atom stereocenters. The third-order valence-corrected chi connectivity index (χ3v) is 3.67. The Balaban J connectivity index is 1.59. The van der Waals surface area contributed by atoms with Crippen LogP contribution in [0, 0.1) is 0 Å². The highest BCUT2D eigenvalue weighted by Gasteiger charge is 2.23. The first-order chi connectivity index (χ1) is 9.25. The van der Waals surface area contributed by atoms with Gasteiger partial charge in [-0.2, -0.15) is 0 Å². The average molecular weight is 268 g/mol. The number of carbonyl (C=O) groups is 1. The first kappa shape index (κ1) is 14.3. The Kier molecular flexibility index (Phi) is 5.66. The van der Waals surface area contributed by atoms with Gasteiger partial charge in [0.2, 0.25) is 0 Å². The molecule has 0 aromatic rings. The SMILES string of the molecule is C[C@@H](NC(=O)NCCC1=CCOCC1)[C@H]1CCCO1. The van der Waals surface area contributed by atoms with Crippen molar-refractivity contribution >= 4 is 6.03 Å². The van der Waals surface area contributed by atoms with Crippen LogP contribution in [0.3, 0.4) is 0 Å². The van der Waals surface area contributed by atoms with Crippen LogP contribution in [0.4, 0.5) is 4.79 Å². The summed E-state index contributed by atoms with van der Waals surface area (Å²) in [5.74, 6) is 0. The van der Waals surface area contributed by atoms with E-state index in [9.17, 15) is 4.79 Å². The van der Waals surface area contributed by atoms with Gasteiger partial charge in [-0.25, -0.2) is 4.79 Å². The van der Waals surface area contributed by atoms with E-state index in [1.54, 1.807) is 0 Å². The predicted octanol–water partition coefficient (Wildman–Crippen LogP) is 1.59. The van der Waals surface area contributed by atoms with Gasteiger partial charge in [0.1, 0.15) is 0 Å². The first-order valence-electron chi connectivity index (χ1n) is 7.17. The van der Waals surface area contributed by atoms with Crippen LogP contribution in [0.1, 0.15) is 32.6 Å². The molecular formula is C14H24N2O3. The molecule has 108 valence electrons. The van der Waals surface area contributed by atoms with E-state index in [0.717, 1.165) is 38.9 Å². The maximum atomic E-state index is 11.7. The average Bonchev–Trinajstić information content (AvgIpc) is 2.94. The standard InChI is InChI=1S/C14H24N2O3/c1-11(13-3-2-8-19-13)16-14(17)15-7-4-12-5-9-18-10-6-12/h5,11,13H,2-4,6-10H2,1H3,(H2,15,16,17)/t11-,13-/m1/s1. The van der Waals surface area contributed by atoms with Crippen LogP contribution >= 0.6 is 0 Å². The van der Waals surface area contributed by atoms with Crippen LogP contribution in [-0.2, 0) is 9.47 Å². The molecule has 1 fully saturated rings. The van der Waals surface area contributed by atoms with Crippen LogP contribution < -0.4 is 10.6 Å². The zero-order valence-electron chi connectivity index (χ0n) is 11.6. The predicted molar refractivity (Wildman–Crippen MR) is 73.1 cm³/mol. The minimum absolute atomic E-state index is 0.0739. The van der Waals surface area contributed by atoms with Gasteiger partial charge < -0.3 is 20.1 Å². The Morgan fingerprint density at radius 1 is 1.53 bits per heavy atom. The van der Waals surface area contributed by atoms with E-state index in [4.69, 9.17) is 9.47 Å². The fourth-order valence-electron chi connectivity index (χ4n) is 2.48. The van der Waals surface area contributed by atoms with E-state index >= 15 is 0 Å². The van der Waals surface area contributed by atoms with Gasteiger partial charge in [-0.1, -0.05) is 11.6 Å². The number of hydrogen-bond acceptors (Lipinski definition) is 3. The molecular weight excluding hydrogens is 244 g/mol. The van der Waals surface area contributed by atoms with Crippen molar-refractivity contribution < 1.29 is 14.3 Å². The maximum absolute atomic E-state index is 11.7. The fourth-order valence-corrected chi connectivity index (χ4v) is 2.48. The highest BCUT2D eigenvalue weighted by Crippen LogP contribution is 2.15. The molecule has 0 aromatic carbocycles. The Hall–Kier alpha value is -1.07. The molecule has 2 heterocycles. The lowest BCUT2D eigenvalue weighted by Gasteiger charge is -2.20. The van der Waals surface area contributed by atoms with Gasteiger partial charge in [0.15, 0.2) is 0 Å². The molecule has 0 aliphatic carbocycles. The van der Waals surface area contributed by atoms with E-state index in [2.05, 4.69) is 16.7 Å². The van der Waals surface area contributed by atoms with Crippen molar-refractivity contribution in [2.45, 2.75) is 44.8 Å². The summed E-state index contributed by atoms with van der Waals surface area (Å²) in [6, 6.07) is -0.0274. The summed E-state index contributed by atoms with van der Waals surface area (Å²) < 4.78 is 10.8. The summed E-state index contributed by atoms with van der Waals surface area (Å²) in [7, 11) is 0. The third-order valence-electron chi connectivity index (χ3n) is 3.67. The van der Waals surface area contributed by atoms with Crippen LogP contribution in [0.2, 0.25) is 0 Å². The molecule has 0 aromatic heterocycles. The monoisotopic (exact) mass is 268 g/mol. The van der Waals surface area contributed by atoms with Crippen LogP contribution in [0.25, 0.3) is 0 Å². The van der Waals surface area contributed by atoms with Crippen molar-refractivity contribution in [1.29, 1.82) is 0 Å². The molecule has 5 heteroatoms. The lowest BCUT2D eigenvalue weighted by atomic mass is 10.1. The second-order valence-corrected chi connectivity index (χ2v) is 5.18. The Bertz CT molecular complexity index is 325. The molecule has 1 saturated heterocycles.